The lowest BCUT2D eigenvalue weighted by Gasteiger charge is -2.36. The van der Waals surface area contributed by atoms with E-state index in [0.29, 0.717) is 23.8 Å². The molecule has 3 heterocycles. The number of fused-ring (bicyclic) bond motifs is 1. The van der Waals surface area contributed by atoms with Crippen molar-refractivity contribution in [3.63, 3.8) is 0 Å². The molecular formula is C35H54N6. The Morgan fingerprint density at radius 3 is 2.59 bits per heavy atom. The van der Waals surface area contributed by atoms with Crippen molar-refractivity contribution >= 4 is 11.5 Å². The lowest BCUT2D eigenvalue weighted by Crippen LogP contribution is -2.45. The second kappa shape index (κ2) is 15.8. The molecule has 3 aliphatic heterocycles. The topological polar surface area (TPSA) is 55.3 Å². The largest absolute Gasteiger partial charge is 0.367 e. The minimum Gasteiger partial charge on any atom is -0.367 e. The van der Waals surface area contributed by atoms with Gasteiger partial charge in [-0.25, -0.2) is 0 Å². The van der Waals surface area contributed by atoms with Gasteiger partial charge in [0.15, 0.2) is 0 Å². The fourth-order valence-corrected chi connectivity index (χ4v) is 5.08. The third kappa shape index (κ3) is 9.74. The molecule has 0 bridgehead atoms. The van der Waals surface area contributed by atoms with Crippen molar-refractivity contribution in [2.75, 3.05) is 32.7 Å². The van der Waals surface area contributed by atoms with E-state index in [9.17, 15) is 0 Å². The van der Waals surface area contributed by atoms with Crippen LogP contribution in [0.3, 0.4) is 0 Å². The quantitative estimate of drug-likeness (QED) is 0.179. The zero-order valence-corrected chi connectivity index (χ0v) is 26.7. The Hall–Kier alpha value is -3.12. The Morgan fingerprint density at radius 2 is 1.95 bits per heavy atom. The van der Waals surface area contributed by atoms with Gasteiger partial charge in [0.25, 0.3) is 0 Å². The third-order valence-corrected chi connectivity index (χ3v) is 7.72. The van der Waals surface area contributed by atoms with E-state index in [-0.39, 0.29) is 0 Å². The lowest BCUT2D eigenvalue weighted by molar-refractivity contribution is 0.300. The minimum atomic E-state index is 0.338. The molecule has 6 nitrogen and oxygen atoms in total. The molecule has 0 aromatic heterocycles. The van der Waals surface area contributed by atoms with Crippen molar-refractivity contribution in [3.05, 3.63) is 84.2 Å². The fraction of sp³-hybridized carbons (Fsp3) is 0.543. The van der Waals surface area contributed by atoms with Gasteiger partial charge in [0.05, 0.1) is 28.8 Å². The summed E-state index contributed by atoms with van der Waals surface area (Å²) in [6, 6.07) is 0.338. The van der Waals surface area contributed by atoms with Crippen molar-refractivity contribution in [2.24, 2.45) is 27.7 Å². The van der Waals surface area contributed by atoms with Gasteiger partial charge in [0.2, 0.25) is 0 Å². The van der Waals surface area contributed by atoms with Gasteiger partial charge in [0.1, 0.15) is 5.84 Å². The van der Waals surface area contributed by atoms with Crippen LogP contribution in [0.5, 0.6) is 0 Å². The number of allylic oxidation sites excluding steroid dienone is 6. The number of piperazine rings is 1. The molecule has 0 aliphatic carbocycles. The highest BCUT2D eigenvalue weighted by molar-refractivity contribution is 6.01. The second-order valence-electron chi connectivity index (χ2n) is 12.3. The highest BCUT2D eigenvalue weighted by Gasteiger charge is 2.30. The first-order chi connectivity index (χ1) is 19.6. The first kappa shape index (κ1) is 32.4. The molecule has 2 N–H and O–H groups in total. The number of hydrogen-bond donors (Lipinski definition) is 2. The maximum atomic E-state index is 5.09. The molecule has 1 saturated heterocycles. The van der Waals surface area contributed by atoms with Crippen LogP contribution in [0.4, 0.5) is 0 Å². The minimum absolute atomic E-state index is 0.338. The van der Waals surface area contributed by atoms with Crippen molar-refractivity contribution in [3.8, 4) is 0 Å². The van der Waals surface area contributed by atoms with Gasteiger partial charge in [0, 0.05) is 50.7 Å². The van der Waals surface area contributed by atoms with E-state index < -0.39 is 0 Å². The molecule has 41 heavy (non-hydrogen) atoms. The van der Waals surface area contributed by atoms with E-state index in [0.717, 1.165) is 79.8 Å². The molecule has 3 rings (SSSR count). The molecule has 2 atom stereocenters. The summed E-state index contributed by atoms with van der Waals surface area (Å²) in [5.74, 6) is 2.70. The summed E-state index contributed by atoms with van der Waals surface area (Å²) in [6.45, 7) is 28.7. The summed E-state index contributed by atoms with van der Waals surface area (Å²) in [4.78, 5) is 14.9. The van der Waals surface area contributed by atoms with E-state index in [1.807, 2.05) is 6.08 Å². The van der Waals surface area contributed by atoms with Crippen molar-refractivity contribution in [2.45, 2.75) is 73.8 Å². The molecule has 3 aliphatic rings. The molecule has 0 amide bonds. The maximum Gasteiger partial charge on any atom is 0.130 e. The van der Waals surface area contributed by atoms with E-state index in [2.05, 4.69) is 113 Å². The Balaban J connectivity index is 1.88. The molecule has 0 spiro atoms. The highest BCUT2D eigenvalue weighted by Crippen LogP contribution is 2.27. The average Bonchev–Trinajstić information content (AvgIpc) is 3.35. The van der Waals surface area contributed by atoms with Crippen molar-refractivity contribution < 1.29 is 0 Å². The third-order valence-electron chi connectivity index (χ3n) is 7.72. The Kier molecular flexibility index (Phi) is 12.5. The fourth-order valence-electron chi connectivity index (χ4n) is 5.08. The number of hydrogen-bond acceptors (Lipinski definition) is 6. The van der Waals surface area contributed by atoms with Crippen LogP contribution in [0.25, 0.3) is 0 Å². The summed E-state index contributed by atoms with van der Waals surface area (Å²) >= 11 is 0. The van der Waals surface area contributed by atoms with Gasteiger partial charge >= 0.3 is 0 Å². The standard InChI is InChI=1S/C35H54N6/c1-10-12-32(37-28(8)30(21-26(5)6)15-14-27(7)11-2)29(9)38-33-24-41-23-31(16-13-25(3)4)39-35(41)22-34(33)40-19-17-36-18-20-40/h10,12,14-15,21-22,24-27,31,36,38H,1,9,11,13,16-20,23H2,2-8H3/b15-14-,30-21?,32-12-,37-28+. The molecule has 1 fully saturated rings. The van der Waals surface area contributed by atoms with Crippen molar-refractivity contribution in [1.29, 1.82) is 0 Å². The molecule has 6 heteroatoms. The molecule has 2 unspecified atom stereocenters. The maximum absolute atomic E-state index is 5.09. The smallest absolute Gasteiger partial charge is 0.130 e. The predicted octanol–water partition coefficient (Wildman–Crippen LogP) is 6.97. The monoisotopic (exact) mass is 558 g/mol. The van der Waals surface area contributed by atoms with E-state index >= 15 is 0 Å². The van der Waals surface area contributed by atoms with Gasteiger partial charge in [-0.2, -0.15) is 0 Å². The van der Waals surface area contributed by atoms with Crippen LogP contribution in [-0.4, -0.2) is 60.1 Å². The van der Waals surface area contributed by atoms with Gasteiger partial charge in [-0.3, -0.25) is 9.98 Å². The zero-order valence-electron chi connectivity index (χ0n) is 26.7. The van der Waals surface area contributed by atoms with Crippen LogP contribution < -0.4 is 10.6 Å². The zero-order chi connectivity index (χ0) is 29.9. The molecule has 0 radical (unpaired) electrons. The van der Waals surface area contributed by atoms with Gasteiger partial charge in [-0.05, 0) is 49.2 Å². The van der Waals surface area contributed by atoms with Crippen LogP contribution in [0.1, 0.15) is 67.7 Å². The van der Waals surface area contributed by atoms with Crippen LogP contribution in [0.15, 0.2) is 94.2 Å². The molecular weight excluding hydrogens is 504 g/mol. The number of amidine groups is 1. The second-order valence-corrected chi connectivity index (χ2v) is 12.3. The normalized spacial score (nSPS) is 21.2. The van der Waals surface area contributed by atoms with E-state index in [4.69, 9.17) is 9.98 Å². The summed E-state index contributed by atoms with van der Waals surface area (Å²) in [5.41, 5.74) is 5.85. The van der Waals surface area contributed by atoms with Crippen LogP contribution in [-0.2, 0) is 0 Å². The number of nitrogens with zero attached hydrogens (tertiary/aromatic N) is 4. The van der Waals surface area contributed by atoms with E-state index in [1.54, 1.807) is 6.08 Å². The van der Waals surface area contributed by atoms with Gasteiger partial charge in [-0.1, -0.05) is 85.4 Å². The Morgan fingerprint density at radius 1 is 1.22 bits per heavy atom. The van der Waals surface area contributed by atoms with Gasteiger partial charge < -0.3 is 20.4 Å². The van der Waals surface area contributed by atoms with Crippen molar-refractivity contribution in [1.82, 2.24) is 20.4 Å². The summed E-state index contributed by atoms with van der Waals surface area (Å²) in [7, 11) is 0. The summed E-state index contributed by atoms with van der Waals surface area (Å²) in [5, 5.41) is 7.13. The number of aliphatic imine (C=N–C) groups is 2. The summed E-state index contributed by atoms with van der Waals surface area (Å²) < 4.78 is 0. The van der Waals surface area contributed by atoms with Crippen LogP contribution in [0.2, 0.25) is 0 Å². The predicted molar refractivity (Wildman–Crippen MR) is 178 cm³/mol. The number of nitrogens with one attached hydrogen (secondary N) is 2. The Bertz CT molecular complexity index is 1140. The first-order valence-electron chi connectivity index (χ1n) is 15.6. The molecule has 224 valence electrons. The molecule has 0 saturated carbocycles. The SMILES string of the molecule is C=C/C=C(\N=C(/C)C(=CC(C)C)/C=C\C(C)CC)C(=C)NC1=CN2CC(CCC(C)C)N=C2C=C1N1CCNCC1. The van der Waals surface area contributed by atoms with Gasteiger partial charge in [-0.15, -0.1) is 0 Å². The average molecular weight is 559 g/mol. The Labute approximate surface area is 250 Å². The van der Waals surface area contributed by atoms with Crippen LogP contribution in [0, 0.1) is 17.8 Å². The number of rotatable bonds is 14. The molecule has 0 aromatic rings. The summed E-state index contributed by atoms with van der Waals surface area (Å²) in [6.07, 6.45) is 18.4. The first-order valence-corrected chi connectivity index (χ1v) is 15.6. The van der Waals surface area contributed by atoms with Crippen LogP contribution >= 0.6 is 0 Å². The van der Waals surface area contributed by atoms with E-state index in [1.165, 1.54) is 12.1 Å². The lowest BCUT2D eigenvalue weighted by atomic mass is 10.0. The highest BCUT2D eigenvalue weighted by atomic mass is 15.3. The molecule has 0 aromatic carbocycles.